The average Bonchev–Trinajstić information content (AvgIpc) is 2.45. The summed E-state index contributed by atoms with van der Waals surface area (Å²) in [6.07, 6.45) is 6.92. The number of hydrogen-bond donors (Lipinski definition) is 1. The van der Waals surface area contributed by atoms with E-state index < -0.39 is 0 Å². The molecule has 0 heterocycles. The molecule has 0 spiro atoms. The molecule has 0 aromatic heterocycles. The van der Waals surface area contributed by atoms with Crippen LogP contribution in [0.3, 0.4) is 0 Å². The van der Waals surface area contributed by atoms with E-state index in [0.29, 0.717) is 0 Å². The Hall–Kier alpha value is -1.51. The molecule has 3 heteroatoms. The molecular weight excluding hydrogens is 250 g/mol. The van der Waals surface area contributed by atoms with Gasteiger partial charge in [-0.05, 0) is 62.3 Å². The van der Waals surface area contributed by atoms with Gasteiger partial charge in [0.1, 0.15) is 5.75 Å². The van der Waals surface area contributed by atoms with Crippen LogP contribution in [0.5, 0.6) is 5.75 Å². The third kappa shape index (κ3) is 4.26. The van der Waals surface area contributed by atoms with Crippen LogP contribution in [0, 0.1) is 0 Å². The number of ether oxygens (including phenoxy) is 1. The Balaban J connectivity index is 1.83. The number of fused-ring (bicyclic) bond motifs is 1. The summed E-state index contributed by atoms with van der Waals surface area (Å²) in [6, 6.07) is 6.44. The van der Waals surface area contributed by atoms with Crippen molar-refractivity contribution in [3.05, 3.63) is 29.3 Å². The lowest BCUT2D eigenvalue weighted by molar-refractivity contribution is -0.123. The SMILES string of the molecule is CCCC(C)NC(=O)COc1ccc2c(c1)CCCC2. The highest BCUT2D eigenvalue weighted by Gasteiger charge is 2.11. The zero-order valence-electron chi connectivity index (χ0n) is 12.6. The fourth-order valence-electron chi connectivity index (χ4n) is 2.77. The van der Waals surface area contributed by atoms with E-state index in [1.807, 2.05) is 13.0 Å². The van der Waals surface area contributed by atoms with E-state index in [1.54, 1.807) is 0 Å². The van der Waals surface area contributed by atoms with Crippen molar-refractivity contribution in [2.45, 2.75) is 58.4 Å². The molecule has 1 N–H and O–H groups in total. The monoisotopic (exact) mass is 275 g/mol. The summed E-state index contributed by atoms with van der Waals surface area (Å²) in [7, 11) is 0. The molecule has 0 saturated heterocycles. The summed E-state index contributed by atoms with van der Waals surface area (Å²) in [6.45, 7) is 4.25. The minimum Gasteiger partial charge on any atom is -0.484 e. The lowest BCUT2D eigenvalue weighted by atomic mass is 9.92. The maximum Gasteiger partial charge on any atom is 0.258 e. The average molecular weight is 275 g/mol. The van der Waals surface area contributed by atoms with Crippen LogP contribution in [-0.2, 0) is 17.6 Å². The van der Waals surface area contributed by atoms with Crippen LogP contribution in [0.15, 0.2) is 18.2 Å². The van der Waals surface area contributed by atoms with E-state index in [1.165, 1.54) is 30.4 Å². The van der Waals surface area contributed by atoms with Crippen molar-refractivity contribution in [2.75, 3.05) is 6.61 Å². The van der Waals surface area contributed by atoms with Crippen LogP contribution in [0.2, 0.25) is 0 Å². The van der Waals surface area contributed by atoms with Crippen molar-refractivity contribution in [3.8, 4) is 5.75 Å². The maximum atomic E-state index is 11.8. The molecule has 0 fully saturated rings. The van der Waals surface area contributed by atoms with Crippen LogP contribution < -0.4 is 10.1 Å². The molecule has 3 nitrogen and oxygen atoms in total. The molecule has 110 valence electrons. The standard InChI is InChI=1S/C17H25NO2/c1-3-6-13(2)18-17(19)12-20-16-10-9-14-7-4-5-8-15(14)11-16/h9-11,13H,3-8,12H2,1-2H3,(H,18,19). The fraction of sp³-hybridized carbons (Fsp3) is 0.588. The molecule has 1 atom stereocenters. The van der Waals surface area contributed by atoms with Crippen molar-refractivity contribution in [2.24, 2.45) is 0 Å². The molecule has 20 heavy (non-hydrogen) atoms. The predicted octanol–water partition coefficient (Wildman–Crippen LogP) is 3.25. The molecule has 0 aliphatic heterocycles. The van der Waals surface area contributed by atoms with E-state index >= 15 is 0 Å². The predicted molar refractivity (Wildman–Crippen MR) is 81.1 cm³/mol. The Kier molecular flexibility index (Phi) is 5.45. The summed E-state index contributed by atoms with van der Waals surface area (Å²) in [4.78, 5) is 11.8. The molecule has 0 saturated carbocycles. The van der Waals surface area contributed by atoms with Crippen molar-refractivity contribution in [3.63, 3.8) is 0 Å². The smallest absolute Gasteiger partial charge is 0.258 e. The summed E-state index contributed by atoms with van der Waals surface area (Å²) in [5, 5.41) is 2.95. The first-order chi connectivity index (χ1) is 9.69. The van der Waals surface area contributed by atoms with Gasteiger partial charge in [0.25, 0.3) is 5.91 Å². The number of carbonyl (C=O) groups is 1. The molecule has 0 radical (unpaired) electrons. The Bertz CT molecular complexity index is 456. The quantitative estimate of drug-likeness (QED) is 0.865. The highest BCUT2D eigenvalue weighted by molar-refractivity contribution is 5.77. The van der Waals surface area contributed by atoms with E-state index in [0.717, 1.165) is 25.0 Å². The zero-order valence-corrected chi connectivity index (χ0v) is 12.6. The summed E-state index contributed by atoms with van der Waals surface area (Å²) < 4.78 is 5.60. The Morgan fingerprint density at radius 3 is 2.80 bits per heavy atom. The fourth-order valence-corrected chi connectivity index (χ4v) is 2.77. The molecule has 1 aromatic rings. The normalized spacial score (nSPS) is 15.3. The van der Waals surface area contributed by atoms with Crippen LogP contribution in [-0.4, -0.2) is 18.6 Å². The minimum atomic E-state index is -0.0383. The number of amides is 1. The summed E-state index contributed by atoms with van der Waals surface area (Å²) in [5.74, 6) is 0.771. The van der Waals surface area contributed by atoms with Gasteiger partial charge in [-0.3, -0.25) is 4.79 Å². The van der Waals surface area contributed by atoms with Gasteiger partial charge in [0.2, 0.25) is 0 Å². The van der Waals surface area contributed by atoms with E-state index in [9.17, 15) is 4.79 Å². The van der Waals surface area contributed by atoms with Gasteiger partial charge in [-0.1, -0.05) is 19.4 Å². The first-order valence-electron chi connectivity index (χ1n) is 7.73. The topological polar surface area (TPSA) is 38.3 Å². The number of nitrogens with one attached hydrogen (secondary N) is 1. The third-order valence-corrected chi connectivity index (χ3v) is 3.82. The third-order valence-electron chi connectivity index (χ3n) is 3.82. The molecule has 1 amide bonds. The van der Waals surface area contributed by atoms with Crippen molar-refractivity contribution >= 4 is 5.91 Å². The first-order valence-corrected chi connectivity index (χ1v) is 7.73. The zero-order chi connectivity index (χ0) is 14.4. The van der Waals surface area contributed by atoms with Gasteiger partial charge in [-0.15, -0.1) is 0 Å². The maximum absolute atomic E-state index is 11.8. The van der Waals surface area contributed by atoms with Crippen LogP contribution in [0.1, 0.15) is 50.7 Å². The molecule has 0 bridgehead atoms. The number of hydrogen-bond acceptors (Lipinski definition) is 2. The second kappa shape index (κ2) is 7.32. The van der Waals surface area contributed by atoms with E-state index in [-0.39, 0.29) is 18.6 Å². The number of carbonyl (C=O) groups excluding carboxylic acids is 1. The number of aryl methyl sites for hydroxylation is 2. The molecule has 1 aliphatic rings. The van der Waals surface area contributed by atoms with Crippen LogP contribution in [0.25, 0.3) is 0 Å². The molecular formula is C17H25NO2. The molecule has 1 unspecified atom stereocenters. The van der Waals surface area contributed by atoms with Crippen LogP contribution >= 0.6 is 0 Å². The summed E-state index contributed by atoms with van der Waals surface area (Å²) in [5.41, 5.74) is 2.82. The van der Waals surface area contributed by atoms with E-state index in [2.05, 4.69) is 24.4 Å². The number of benzene rings is 1. The molecule has 1 aliphatic carbocycles. The second-order valence-corrected chi connectivity index (χ2v) is 5.68. The van der Waals surface area contributed by atoms with Gasteiger partial charge >= 0.3 is 0 Å². The Labute approximate surface area is 121 Å². The van der Waals surface area contributed by atoms with Crippen LogP contribution in [0.4, 0.5) is 0 Å². The van der Waals surface area contributed by atoms with Gasteiger partial charge < -0.3 is 10.1 Å². The molecule has 2 rings (SSSR count). The van der Waals surface area contributed by atoms with Gasteiger partial charge in [-0.2, -0.15) is 0 Å². The van der Waals surface area contributed by atoms with Gasteiger partial charge in [-0.25, -0.2) is 0 Å². The first kappa shape index (κ1) is 14.9. The van der Waals surface area contributed by atoms with Gasteiger partial charge in [0, 0.05) is 6.04 Å². The highest BCUT2D eigenvalue weighted by Crippen LogP contribution is 2.25. The summed E-state index contributed by atoms with van der Waals surface area (Å²) >= 11 is 0. The second-order valence-electron chi connectivity index (χ2n) is 5.68. The van der Waals surface area contributed by atoms with Gasteiger partial charge in [0.15, 0.2) is 6.61 Å². The largest absolute Gasteiger partial charge is 0.484 e. The van der Waals surface area contributed by atoms with Crippen molar-refractivity contribution in [1.82, 2.24) is 5.32 Å². The van der Waals surface area contributed by atoms with Gasteiger partial charge in [0.05, 0.1) is 0 Å². The Morgan fingerprint density at radius 2 is 2.05 bits per heavy atom. The van der Waals surface area contributed by atoms with Crippen molar-refractivity contribution < 1.29 is 9.53 Å². The number of rotatable bonds is 6. The van der Waals surface area contributed by atoms with E-state index in [4.69, 9.17) is 4.74 Å². The Morgan fingerprint density at radius 1 is 1.30 bits per heavy atom. The highest BCUT2D eigenvalue weighted by atomic mass is 16.5. The lowest BCUT2D eigenvalue weighted by Crippen LogP contribution is -2.35. The minimum absolute atomic E-state index is 0.0383. The lowest BCUT2D eigenvalue weighted by Gasteiger charge is -2.17. The molecule has 1 aromatic carbocycles. The van der Waals surface area contributed by atoms with Crippen molar-refractivity contribution in [1.29, 1.82) is 0 Å².